The number of nitrogens with one attached hydrogen (secondary N) is 2. The number of rotatable bonds is 5. The summed E-state index contributed by atoms with van der Waals surface area (Å²) in [5, 5.41) is 2.75. The van der Waals surface area contributed by atoms with Crippen molar-refractivity contribution in [3.8, 4) is 0 Å². The number of para-hydroxylation sites is 1. The van der Waals surface area contributed by atoms with Crippen LogP contribution in [0.3, 0.4) is 0 Å². The predicted molar refractivity (Wildman–Crippen MR) is 101 cm³/mol. The lowest BCUT2D eigenvalue weighted by atomic mass is 10.1. The van der Waals surface area contributed by atoms with Gasteiger partial charge in [0, 0.05) is 11.9 Å². The second kappa shape index (κ2) is 7.73. The first-order valence-electron chi connectivity index (χ1n) is 7.65. The predicted octanol–water partition coefficient (Wildman–Crippen LogP) is 3.93. The van der Waals surface area contributed by atoms with Gasteiger partial charge in [-0.2, -0.15) is 0 Å². The highest BCUT2D eigenvalue weighted by atomic mass is 35.5. The fourth-order valence-electron chi connectivity index (χ4n) is 2.23. The maximum absolute atomic E-state index is 13.0. The number of aromatic nitrogens is 1. The van der Waals surface area contributed by atoms with E-state index < -0.39 is 21.7 Å². The highest BCUT2D eigenvalue weighted by molar-refractivity contribution is 7.92. The van der Waals surface area contributed by atoms with Gasteiger partial charge in [-0.25, -0.2) is 17.8 Å². The van der Waals surface area contributed by atoms with E-state index in [2.05, 4.69) is 15.0 Å². The Kier molecular flexibility index (Phi) is 5.38. The van der Waals surface area contributed by atoms with Gasteiger partial charge in [0.15, 0.2) is 0 Å². The number of hydrogen-bond acceptors (Lipinski definition) is 4. The summed E-state index contributed by atoms with van der Waals surface area (Å²) in [7, 11) is -3.97. The molecule has 0 saturated heterocycles. The fraction of sp³-hybridized carbons (Fsp3) is 0. The maximum Gasteiger partial charge on any atom is 0.263 e. The Morgan fingerprint density at radius 1 is 1.00 bits per heavy atom. The number of anilines is 2. The summed E-state index contributed by atoms with van der Waals surface area (Å²) in [6, 6.07) is 14.0. The van der Waals surface area contributed by atoms with Crippen molar-refractivity contribution in [2.45, 2.75) is 4.90 Å². The van der Waals surface area contributed by atoms with Crippen molar-refractivity contribution < 1.29 is 17.6 Å². The molecule has 0 fully saturated rings. The van der Waals surface area contributed by atoms with Crippen molar-refractivity contribution in [1.29, 1.82) is 0 Å². The minimum absolute atomic E-state index is 0.0899. The summed E-state index contributed by atoms with van der Waals surface area (Å²) < 4.78 is 40.4. The van der Waals surface area contributed by atoms with E-state index in [1.807, 2.05) is 0 Å². The topological polar surface area (TPSA) is 88.2 Å². The third-order valence-corrected chi connectivity index (χ3v) is 5.10. The van der Waals surface area contributed by atoms with Gasteiger partial charge in [0.25, 0.3) is 15.9 Å². The number of sulfonamides is 1. The first kappa shape index (κ1) is 18.8. The molecule has 0 radical (unpaired) electrons. The highest BCUT2D eigenvalue weighted by Gasteiger charge is 2.19. The van der Waals surface area contributed by atoms with Crippen molar-refractivity contribution in [1.82, 2.24) is 4.98 Å². The van der Waals surface area contributed by atoms with E-state index >= 15 is 0 Å². The van der Waals surface area contributed by atoms with Gasteiger partial charge in [-0.1, -0.05) is 23.7 Å². The monoisotopic (exact) mass is 405 g/mol. The van der Waals surface area contributed by atoms with Crippen LogP contribution in [-0.4, -0.2) is 19.3 Å². The molecule has 3 aromatic rings. The molecule has 6 nitrogen and oxygen atoms in total. The largest absolute Gasteiger partial charge is 0.322 e. The number of halogens is 2. The van der Waals surface area contributed by atoms with E-state index in [4.69, 9.17) is 11.6 Å². The van der Waals surface area contributed by atoms with Crippen LogP contribution in [0.25, 0.3) is 0 Å². The Bertz CT molecular complexity index is 1070. The third-order valence-electron chi connectivity index (χ3n) is 3.53. The first-order valence-corrected chi connectivity index (χ1v) is 9.51. The van der Waals surface area contributed by atoms with Crippen molar-refractivity contribution in [3.05, 3.63) is 83.4 Å². The average Bonchev–Trinajstić information content (AvgIpc) is 2.64. The van der Waals surface area contributed by atoms with Crippen LogP contribution >= 0.6 is 11.6 Å². The van der Waals surface area contributed by atoms with Crippen molar-refractivity contribution in [3.63, 3.8) is 0 Å². The Morgan fingerprint density at radius 3 is 2.37 bits per heavy atom. The smallest absolute Gasteiger partial charge is 0.263 e. The molecule has 0 unspecified atom stereocenters. The highest BCUT2D eigenvalue weighted by Crippen LogP contribution is 2.22. The van der Waals surface area contributed by atoms with Crippen LogP contribution in [-0.2, 0) is 10.0 Å². The molecule has 1 aromatic heterocycles. The van der Waals surface area contributed by atoms with Gasteiger partial charge < -0.3 is 5.32 Å². The van der Waals surface area contributed by atoms with Crippen LogP contribution in [0.5, 0.6) is 0 Å². The van der Waals surface area contributed by atoms with E-state index in [-0.39, 0.29) is 21.3 Å². The molecule has 0 saturated carbocycles. The van der Waals surface area contributed by atoms with Crippen LogP contribution in [0.1, 0.15) is 10.4 Å². The molecular weight excluding hydrogens is 393 g/mol. The molecule has 2 N–H and O–H groups in total. The van der Waals surface area contributed by atoms with Gasteiger partial charge in [-0.3, -0.25) is 9.52 Å². The van der Waals surface area contributed by atoms with Crippen LogP contribution < -0.4 is 10.0 Å². The Labute approximate surface area is 160 Å². The fourth-order valence-corrected chi connectivity index (χ4v) is 3.36. The Balaban J connectivity index is 1.86. The summed E-state index contributed by atoms with van der Waals surface area (Å²) in [5.41, 5.74) is 0.570. The lowest BCUT2D eigenvalue weighted by molar-refractivity contribution is 0.102. The van der Waals surface area contributed by atoms with Crippen LogP contribution in [0.4, 0.5) is 15.8 Å². The number of hydrogen-bond donors (Lipinski definition) is 2. The molecule has 9 heteroatoms. The number of carbonyl (C=O) groups excluding carboxylic acids is 1. The quantitative estimate of drug-likeness (QED) is 0.629. The molecule has 0 atom stereocenters. The van der Waals surface area contributed by atoms with Crippen molar-refractivity contribution in [2.24, 2.45) is 0 Å². The van der Waals surface area contributed by atoms with E-state index in [1.165, 1.54) is 48.5 Å². The average molecular weight is 406 g/mol. The lowest BCUT2D eigenvalue weighted by Crippen LogP contribution is -2.18. The number of carbonyl (C=O) groups is 1. The normalized spacial score (nSPS) is 11.0. The van der Waals surface area contributed by atoms with E-state index in [9.17, 15) is 17.6 Å². The number of pyridine rings is 1. The zero-order valence-corrected chi connectivity index (χ0v) is 15.3. The molecule has 2 aromatic carbocycles. The van der Waals surface area contributed by atoms with Crippen LogP contribution in [0, 0.1) is 5.82 Å². The van der Waals surface area contributed by atoms with E-state index in [0.717, 1.165) is 6.20 Å². The molecule has 27 heavy (non-hydrogen) atoms. The molecule has 1 amide bonds. The van der Waals surface area contributed by atoms with Gasteiger partial charge in [-0.05, 0) is 48.5 Å². The minimum Gasteiger partial charge on any atom is -0.322 e. The summed E-state index contributed by atoms with van der Waals surface area (Å²) >= 11 is 5.67. The van der Waals surface area contributed by atoms with Gasteiger partial charge in [0.2, 0.25) is 0 Å². The molecule has 0 bridgehead atoms. The molecule has 138 valence electrons. The molecule has 0 aliphatic carbocycles. The van der Waals surface area contributed by atoms with Gasteiger partial charge in [-0.15, -0.1) is 0 Å². The zero-order chi connectivity index (χ0) is 19.4. The second-order valence-corrected chi connectivity index (χ2v) is 7.50. The van der Waals surface area contributed by atoms with E-state index in [0.29, 0.717) is 5.69 Å². The molecule has 0 spiro atoms. The number of amides is 1. The van der Waals surface area contributed by atoms with Gasteiger partial charge in [0.05, 0.1) is 11.3 Å². The standard InChI is InChI=1S/C18H13ClFN3O3S/c19-17-10-9-14(11-21-17)27(25,26)23-16-4-2-1-3-15(16)18(24)22-13-7-5-12(20)6-8-13/h1-11,23H,(H,22,24). The Hall–Kier alpha value is -2.97. The SMILES string of the molecule is O=C(Nc1ccc(F)cc1)c1ccccc1NS(=O)(=O)c1ccc(Cl)nc1. The summed E-state index contributed by atoms with van der Waals surface area (Å²) in [4.78, 5) is 16.2. The van der Waals surface area contributed by atoms with Crippen LogP contribution in [0.2, 0.25) is 5.15 Å². The van der Waals surface area contributed by atoms with Crippen molar-refractivity contribution >= 4 is 38.9 Å². The molecule has 0 aliphatic rings. The summed E-state index contributed by atoms with van der Waals surface area (Å²) in [5.74, 6) is -0.980. The maximum atomic E-state index is 13.0. The molecule has 0 aliphatic heterocycles. The Morgan fingerprint density at radius 2 is 1.70 bits per heavy atom. The summed E-state index contributed by atoms with van der Waals surface area (Å²) in [6.07, 6.45) is 1.12. The molecular formula is C18H13ClFN3O3S. The van der Waals surface area contributed by atoms with E-state index in [1.54, 1.807) is 12.1 Å². The molecule has 3 rings (SSSR count). The number of benzene rings is 2. The lowest BCUT2D eigenvalue weighted by Gasteiger charge is -2.13. The van der Waals surface area contributed by atoms with Crippen molar-refractivity contribution in [2.75, 3.05) is 10.0 Å². The zero-order valence-electron chi connectivity index (χ0n) is 13.7. The van der Waals surface area contributed by atoms with Gasteiger partial charge in [0.1, 0.15) is 15.9 Å². The third kappa shape index (κ3) is 4.60. The number of nitrogens with zero attached hydrogens (tertiary/aromatic N) is 1. The minimum atomic E-state index is -3.97. The second-order valence-electron chi connectivity index (χ2n) is 5.43. The van der Waals surface area contributed by atoms with Crippen LogP contribution in [0.15, 0.2) is 71.8 Å². The summed E-state index contributed by atoms with van der Waals surface area (Å²) in [6.45, 7) is 0. The first-order chi connectivity index (χ1) is 12.8. The van der Waals surface area contributed by atoms with Gasteiger partial charge >= 0.3 is 0 Å². The molecule has 1 heterocycles.